The van der Waals surface area contributed by atoms with Gasteiger partial charge in [0.1, 0.15) is 11.6 Å². The van der Waals surface area contributed by atoms with Crippen molar-refractivity contribution in [1.82, 2.24) is 4.90 Å². The average molecular weight is 329 g/mol. The van der Waals surface area contributed by atoms with Crippen molar-refractivity contribution in [3.63, 3.8) is 0 Å². The zero-order valence-corrected chi connectivity index (χ0v) is 13.3. The lowest BCUT2D eigenvalue weighted by atomic mass is 9.97. The van der Waals surface area contributed by atoms with Crippen molar-refractivity contribution in [2.45, 2.75) is 25.2 Å². The highest BCUT2D eigenvalue weighted by atomic mass is 32.2. The second-order valence-corrected chi connectivity index (χ2v) is 8.73. The van der Waals surface area contributed by atoms with E-state index in [1.807, 2.05) is 0 Å². The predicted molar refractivity (Wildman–Crippen MR) is 81.5 cm³/mol. The molecular weight excluding hydrogens is 308 g/mol. The van der Waals surface area contributed by atoms with Crippen LogP contribution in [0.3, 0.4) is 0 Å². The number of hydrogen-bond donors (Lipinski definition) is 0. The Morgan fingerprint density at radius 1 is 1.18 bits per heavy atom. The van der Waals surface area contributed by atoms with Crippen LogP contribution in [0.2, 0.25) is 0 Å². The molecule has 3 rings (SSSR count). The molecule has 2 fully saturated rings. The number of likely N-dealkylation sites (tertiary alicyclic amines) is 1. The Labute approximate surface area is 130 Å². The number of rotatable bonds is 3. The van der Waals surface area contributed by atoms with Crippen molar-refractivity contribution in [3.05, 3.63) is 35.4 Å². The molecule has 0 amide bonds. The van der Waals surface area contributed by atoms with Gasteiger partial charge in [-0.2, -0.15) is 0 Å². The first-order valence-electron chi connectivity index (χ1n) is 7.81. The van der Waals surface area contributed by atoms with Gasteiger partial charge in [-0.15, -0.1) is 0 Å². The molecule has 3 nitrogen and oxygen atoms in total. The van der Waals surface area contributed by atoms with Gasteiger partial charge in [-0.05, 0) is 43.9 Å². The van der Waals surface area contributed by atoms with Crippen LogP contribution in [0.1, 0.15) is 30.7 Å². The second kappa shape index (κ2) is 6.24. The SMILES string of the molecule is O=S1(=O)CCCC(CN2CCC(c3c(F)cccc3F)C2)C1. The van der Waals surface area contributed by atoms with Crippen molar-refractivity contribution < 1.29 is 17.2 Å². The molecule has 22 heavy (non-hydrogen) atoms. The standard InChI is InChI=1S/C16H21F2NO2S/c17-14-4-1-5-15(18)16(14)13-6-7-19(10-13)9-12-3-2-8-22(20,21)11-12/h1,4-5,12-13H,2-3,6-11H2. The lowest BCUT2D eigenvalue weighted by Crippen LogP contribution is -2.34. The third kappa shape index (κ3) is 3.49. The molecule has 2 atom stereocenters. The summed E-state index contributed by atoms with van der Waals surface area (Å²) < 4.78 is 51.1. The molecule has 0 radical (unpaired) electrons. The van der Waals surface area contributed by atoms with Gasteiger partial charge in [-0.1, -0.05) is 6.07 Å². The summed E-state index contributed by atoms with van der Waals surface area (Å²) in [6.45, 7) is 2.09. The fourth-order valence-electron chi connectivity index (χ4n) is 3.76. The van der Waals surface area contributed by atoms with E-state index >= 15 is 0 Å². The highest BCUT2D eigenvalue weighted by molar-refractivity contribution is 7.91. The molecule has 2 aliphatic rings. The molecule has 0 aliphatic carbocycles. The number of nitrogens with zero attached hydrogens (tertiary/aromatic N) is 1. The van der Waals surface area contributed by atoms with Gasteiger partial charge < -0.3 is 4.90 Å². The Morgan fingerprint density at radius 2 is 1.91 bits per heavy atom. The Bertz CT molecular complexity index is 627. The molecule has 1 aromatic carbocycles. The van der Waals surface area contributed by atoms with E-state index in [0.717, 1.165) is 25.8 Å². The van der Waals surface area contributed by atoms with Crippen molar-refractivity contribution in [1.29, 1.82) is 0 Å². The van der Waals surface area contributed by atoms with Crippen LogP contribution in [0.4, 0.5) is 8.78 Å². The zero-order valence-electron chi connectivity index (χ0n) is 12.5. The predicted octanol–water partition coefficient (Wildman–Crippen LogP) is 2.58. The van der Waals surface area contributed by atoms with Crippen LogP contribution in [0.25, 0.3) is 0 Å². The Balaban J connectivity index is 1.63. The van der Waals surface area contributed by atoms with E-state index in [1.165, 1.54) is 18.2 Å². The molecule has 2 heterocycles. The third-order valence-electron chi connectivity index (χ3n) is 4.75. The topological polar surface area (TPSA) is 37.4 Å². The van der Waals surface area contributed by atoms with Gasteiger partial charge in [0.15, 0.2) is 9.84 Å². The smallest absolute Gasteiger partial charge is 0.150 e. The molecule has 0 aromatic heterocycles. The van der Waals surface area contributed by atoms with E-state index in [0.29, 0.717) is 18.8 Å². The summed E-state index contributed by atoms with van der Waals surface area (Å²) in [4.78, 5) is 2.15. The Hall–Kier alpha value is -1.01. The van der Waals surface area contributed by atoms with Gasteiger partial charge >= 0.3 is 0 Å². The number of halogens is 2. The largest absolute Gasteiger partial charge is 0.302 e. The molecule has 6 heteroatoms. The molecule has 0 bridgehead atoms. The summed E-state index contributed by atoms with van der Waals surface area (Å²) in [5.74, 6) is -0.391. The van der Waals surface area contributed by atoms with Crippen molar-refractivity contribution in [2.75, 3.05) is 31.1 Å². The number of benzene rings is 1. The van der Waals surface area contributed by atoms with Gasteiger partial charge in [-0.25, -0.2) is 17.2 Å². The second-order valence-electron chi connectivity index (χ2n) is 6.50. The maximum atomic E-state index is 13.9. The Kier molecular flexibility index (Phi) is 4.50. The number of hydrogen-bond acceptors (Lipinski definition) is 3. The minimum atomic E-state index is -2.90. The van der Waals surface area contributed by atoms with Crippen LogP contribution in [-0.2, 0) is 9.84 Å². The minimum Gasteiger partial charge on any atom is -0.302 e. The summed E-state index contributed by atoms with van der Waals surface area (Å²) in [6.07, 6.45) is 2.37. The average Bonchev–Trinajstić information content (AvgIpc) is 2.85. The van der Waals surface area contributed by atoms with E-state index in [-0.39, 0.29) is 23.2 Å². The van der Waals surface area contributed by atoms with E-state index in [2.05, 4.69) is 4.90 Å². The minimum absolute atomic E-state index is 0.138. The quantitative estimate of drug-likeness (QED) is 0.855. The molecule has 122 valence electrons. The normalized spacial score (nSPS) is 28.8. The maximum absolute atomic E-state index is 13.9. The lowest BCUT2D eigenvalue weighted by molar-refractivity contribution is 0.273. The van der Waals surface area contributed by atoms with Crippen LogP contribution in [0.15, 0.2) is 18.2 Å². The summed E-state index contributed by atoms with van der Waals surface area (Å²) in [5, 5.41) is 0. The summed E-state index contributed by atoms with van der Waals surface area (Å²) in [7, 11) is -2.90. The maximum Gasteiger partial charge on any atom is 0.150 e. The molecule has 2 unspecified atom stereocenters. The fraction of sp³-hybridized carbons (Fsp3) is 0.625. The third-order valence-corrected chi connectivity index (χ3v) is 6.64. The summed E-state index contributed by atoms with van der Waals surface area (Å²) in [6, 6.07) is 3.98. The van der Waals surface area contributed by atoms with Gasteiger partial charge in [-0.3, -0.25) is 0 Å². The van der Waals surface area contributed by atoms with E-state index in [9.17, 15) is 17.2 Å². The summed E-state index contributed by atoms with van der Waals surface area (Å²) in [5.41, 5.74) is 0.182. The van der Waals surface area contributed by atoms with Crippen molar-refractivity contribution in [2.24, 2.45) is 5.92 Å². The summed E-state index contributed by atoms with van der Waals surface area (Å²) >= 11 is 0. The first-order valence-corrected chi connectivity index (χ1v) is 9.63. The van der Waals surface area contributed by atoms with Gasteiger partial charge in [0.2, 0.25) is 0 Å². The molecule has 1 aromatic rings. The van der Waals surface area contributed by atoms with Crippen molar-refractivity contribution >= 4 is 9.84 Å². The lowest BCUT2D eigenvalue weighted by Gasteiger charge is -2.26. The fourth-order valence-corrected chi connectivity index (χ4v) is 5.53. The van der Waals surface area contributed by atoms with Crippen LogP contribution in [0, 0.1) is 17.6 Å². The van der Waals surface area contributed by atoms with Gasteiger partial charge in [0.05, 0.1) is 11.5 Å². The molecule has 0 spiro atoms. The van der Waals surface area contributed by atoms with Crippen LogP contribution in [0.5, 0.6) is 0 Å². The van der Waals surface area contributed by atoms with Crippen LogP contribution in [-0.4, -0.2) is 44.5 Å². The molecule has 0 saturated carbocycles. The zero-order chi connectivity index (χ0) is 15.7. The Morgan fingerprint density at radius 3 is 2.59 bits per heavy atom. The van der Waals surface area contributed by atoms with Crippen LogP contribution < -0.4 is 0 Å². The van der Waals surface area contributed by atoms with Gasteiger partial charge in [0.25, 0.3) is 0 Å². The van der Waals surface area contributed by atoms with Crippen LogP contribution >= 0.6 is 0 Å². The molecule has 2 saturated heterocycles. The van der Waals surface area contributed by atoms with Crippen molar-refractivity contribution in [3.8, 4) is 0 Å². The monoisotopic (exact) mass is 329 g/mol. The number of sulfone groups is 1. The highest BCUT2D eigenvalue weighted by Gasteiger charge is 2.32. The van der Waals surface area contributed by atoms with E-state index in [4.69, 9.17) is 0 Å². The molecular formula is C16H21F2NO2S. The first-order chi connectivity index (χ1) is 10.4. The molecule has 0 N–H and O–H groups in total. The van der Waals surface area contributed by atoms with Gasteiger partial charge in [0, 0.05) is 24.6 Å². The molecule has 2 aliphatic heterocycles. The van der Waals surface area contributed by atoms with E-state index in [1.54, 1.807) is 0 Å². The van der Waals surface area contributed by atoms with E-state index < -0.39 is 21.5 Å². The highest BCUT2D eigenvalue weighted by Crippen LogP contribution is 2.32. The first kappa shape index (κ1) is 15.9.